The van der Waals surface area contributed by atoms with Crippen LogP contribution in [0.2, 0.25) is 0 Å². The van der Waals surface area contributed by atoms with E-state index in [2.05, 4.69) is 0 Å². The van der Waals surface area contributed by atoms with Crippen molar-refractivity contribution in [1.82, 2.24) is 0 Å². The second kappa shape index (κ2) is 4.01. The van der Waals surface area contributed by atoms with Crippen LogP contribution < -0.4 is 5.73 Å². The van der Waals surface area contributed by atoms with Gasteiger partial charge in [-0.25, -0.2) is 0 Å². The van der Waals surface area contributed by atoms with E-state index in [0.717, 1.165) is 0 Å². The van der Waals surface area contributed by atoms with Crippen LogP contribution in [0.5, 0.6) is 0 Å². The van der Waals surface area contributed by atoms with Crippen LogP contribution >= 0.6 is 0 Å². The van der Waals surface area contributed by atoms with Crippen LogP contribution in [0.3, 0.4) is 0 Å². The molecule has 0 bridgehead atoms. The highest BCUT2D eigenvalue weighted by Crippen LogP contribution is 2.21. The van der Waals surface area contributed by atoms with Crippen LogP contribution in [0.25, 0.3) is 0 Å². The number of methoxy groups -OCH3 is 1. The van der Waals surface area contributed by atoms with Gasteiger partial charge >= 0.3 is 0 Å². The van der Waals surface area contributed by atoms with Gasteiger partial charge in [0.1, 0.15) is 12.0 Å². The standard InChI is InChI=1S/C7H13NO5/c1-12-7-4(6(8)11)5(10)3(9)2-13-7/h3-5,7,9-10H,2H2,1H3,(H2,8,11)/t3-,4-,5-,7+/m0/s1. The number of aliphatic hydroxyl groups is 2. The van der Waals surface area contributed by atoms with Gasteiger partial charge in [-0.1, -0.05) is 0 Å². The van der Waals surface area contributed by atoms with Crippen molar-refractivity contribution in [3.63, 3.8) is 0 Å². The maximum Gasteiger partial charge on any atom is 0.228 e. The lowest BCUT2D eigenvalue weighted by atomic mass is 9.94. The first-order valence-electron chi connectivity index (χ1n) is 3.87. The Hall–Kier alpha value is -0.690. The highest BCUT2D eigenvalue weighted by Gasteiger charge is 2.42. The summed E-state index contributed by atoms with van der Waals surface area (Å²) < 4.78 is 9.74. The van der Waals surface area contributed by atoms with Gasteiger partial charge in [0, 0.05) is 7.11 Å². The Kier molecular flexibility index (Phi) is 3.21. The smallest absolute Gasteiger partial charge is 0.228 e. The number of nitrogens with two attached hydrogens (primary N) is 1. The highest BCUT2D eigenvalue weighted by molar-refractivity contribution is 5.78. The first-order valence-corrected chi connectivity index (χ1v) is 3.87. The zero-order valence-corrected chi connectivity index (χ0v) is 7.21. The third-order valence-corrected chi connectivity index (χ3v) is 2.05. The van der Waals surface area contributed by atoms with Gasteiger partial charge in [-0.3, -0.25) is 4.79 Å². The second-order valence-corrected chi connectivity index (χ2v) is 2.92. The molecule has 6 nitrogen and oxygen atoms in total. The van der Waals surface area contributed by atoms with E-state index < -0.39 is 30.3 Å². The maximum atomic E-state index is 10.9. The fourth-order valence-corrected chi connectivity index (χ4v) is 1.31. The lowest BCUT2D eigenvalue weighted by Crippen LogP contribution is -2.54. The Labute approximate surface area is 75.2 Å². The molecule has 13 heavy (non-hydrogen) atoms. The topological polar surface area (TPSA) is 102 Å². The largest absolute Gasteiger partial charge is 0.389 e. The Morgan fingerprint density at radius 3 is 2.69 bits per heavy atom. The number of ether oxygens (including phenoxy) is 2. The molecule has 1 fully saturated rings. The normalized spacial score (nSPS) is 40.2. The molecule has 1 rings (SSSR count). The summed E-state index contributed by atoms with van der Waals surface area (Å²) in [6.45, 7) is -0.0660. The van der Waals surface area contributed by atoms with Crippen molar-refractivity contribution in [3.05, 3.63) is 0 Å². The van der Waals surface area contributed by atoms with E-state index in [1.165, 1.54) is 7.11 Å². The summed E-state index contributed by atoms with van der Waals surface area (Å²) in [5, 5.41) is 18.6. The summed E-state index contributed by atoms with van der Waals surface area (Å²) >= 11 is 0. The van der Waals surface area contributed by atoms with E-state index >= 15 is 0 Å². The number of hydrogen-bond donors (Lipinski definition) is 3. The number of carbonyl (C=O) groups excluding carboxylic acids is 1. The molecule has 1 saturated heterocycles. The average Bonchev–Trinajstić information content (AvgIpc) is 2.08. The molecule has 0 spiro atoms. The highest BCUT2D eigenvalue weighted by atomic mass is 16.7. The Bertz CT molecular complexity index is 195. The predicted molar refractivity (Wildman–Crippen MR) is 41.4 cm³/mol. The van der Waals surface area contributed by atoms with Gasteiger partial charge in [0.25, 0.3) is 0 Å². The first kappa shape index (κ1) is 10.4. The lowest BCUT2D eigenvalue weighted by molar-refractivity contribution is -0.236. The molecular weight excluding hydrogens is 178 g/mol. The number of carbonyl (C=O) groups is 1. The minimum atomic E-state index is -1.23. The van der Waals surface area contributed by atoms with Crippen LogP contribution in [0.15, 0.2) is 0 Å². The van der Waals surface area contributed by atoms with Gasteiger partial charge in [0.15, 0.2) is 6.29 Å². The minimum absolute atomic E-state index is 0.0660. The fourth-order valence-electron chi connectivity index (χ4n) is 1.31. The van der Waals surface area contributed by atoms with Crippen molar-refractivity contribution < 1.29 is 24.5 Å². The Morgan fingerprint density at radius 1 is 1.62 bits per heavy atom. The van der Waals surface area contributed by atoms with Crippen molar-refractivity contribution in [1.29, 1.82) is 0 Å². The van der Waals surface area contributed by atoms with E-state index in [9.17, 15) is 15.0 Å². The summed E-state index contributed by atoms with van der Waals surface area (Å²) in [4.78, 5) is 10.9. The number of primary amides is 1. The summed E-state index contributed by atoms with van der Waals surface area (Å²) in [7, 11) is 1.34. The summed E-state index contributed by atoms with van der Waals surface area (Å²) in [5.74, 6) is -1.77. The van der Waals surface area contributed by atoms with Crippen molar-refractivity contribution in [3.8, 4) is 0 Å². The molecule has 0 aromatic rings. The number of rotatable bonds is 2. The van der Waals surface area contributed by atoms with E-state index in [-0.39, 0.29) is 6.61 Å². The van der Waals surface area contributed by atoms with Crippen molar-refractivity contribution in [2.24, 2.45) is 11.7 Å². The molecule has 0 aromatic carbocycles. The Balaban J connectivity index is 2.74. The Morgan fingerprint density at radius 2 is 2.23 bits per heavy atom. The molecular formula is C7H13NO5. The van der Waals surface area contributed by atoms with Crippen LogP contribution in [-0.4, -0.2) is 48.3 Å². The molecule has 1 aliphatic rings. The van der Waals surface area contributed by atoms with E-state index in [1.807, 2.05) is 0 Å². The number of amides is 1. The molecule has 1 heterocycles. The van der Waals surface area contributed by atoms with Crippen LogP contribution in [0.4, 0.5) is 0 Å². The zero-order chi connectivity index (χ0) is 10.0. The van der Waals surface area contributed by atoms with Gasteiger partial charge in [0.05, 0.1) is 12.7 Å². The van der Waals surface area contributed by atoms with Crippen LogP contribution in [0, 0.1) is 5.92 Å². The summed E-state index contributed by atoms with van der Waals surface area (Å²) in [6, 6.07) is 0. The molecule has 6 heteroatoms. The molecule has 4 N–H and O–H groups in total. The van der Waals surface area contributed by atoms with Crippen molar-refractivity contribution in [2.45, 2.75) is 18.5 Å². The SMILES string of the molecule is CO[C@@H]1OC[C@H](O)[C@H](O)[C@H]1C(N)=O. The lowest BCUT2D eigenvalue weighted by Gasteiger charge is -2.35. The molecule has 1 aliphatic heterocycles. The van der Waals surface area contributed by atoms with E-state index in [0.29, 0.717) is 0 Å². The number of aliphatic hydroxyl groups excluding tert-OH is 2. The maximum absolute atomic E-state index is 10.9. The molecule has 76 valence electrons. The molecule has 0 saturated carbocycles. The summed E-state index contributed by atoms with van der Waals surface area (Å²) in [6.07, 6.45) is -3.20. The molecule has 4 atom stereocenters. The van der Waals surface area contributed by atoms with Gasteiger partial charge in [-0.2, -0.15) is 0 Å². The quantitative estimate of drug-likeness (QED) is 0.460. The molecule has 1 amide bonds. The van der Waals surface area contributed by atoms with Crippen LogP contribution in [0.1, 0.15) is 0 Å². The molecule has 0 aromatic heterocycles. The minimum Gasteiger partial charge on any atom is -0.389 e. The fraction of sp³-hybridized carbons (Fsp3) is 0.857. The third kappa shape index (κ3) is 1.97. The molecule has 0 radical (unpaired) electrons. The van der Waals surface area contributed by atoms with Crippen molar-refractivity contribution in [2.75, 3.05) is 13.7 Å². The van der Waals surface area contributed by atoms with Crippen molar-refractivity contribution >= 4 is 5.91 Å². The first-order chi connectivity index (χ1) is 6.07. The predicted octanol–water partition coefficient (Wildman–Crippen LogP) is -2.19. The van der Waals surface area contributed by atoms with Gasteiger partial charge in [0.2, 0.25) is 5.91 Å². The van der Waals surface area contributed by atoms with Gasteiger partial charge < -0.3 is 25.4 Å². The zero-order valence-electron chi connectivity index (χ0n) is 7.21. The average molecular weight is 191 g/mol. The third-order valence-electron chi connectivity index (χ3n) is 2.05. The monoisotopic (exact) mass is 191 g/mol. The van der Waals surface area contributed by atoms with Crippen LogP contribution in [-0.2, 0) is 14.3 Å². The molecule has 0 unspecified atom stereocenters. The van der Waals surface area contributed by atoms with Gasteiger partial charge in [-0.05, 0) is 0 Å². The van der Waals surface area contributed by atoms with E-state index in [4.69, 9.17) is 15.2 Å². The molecule has 0 aliphatic carbocycles. The van der Waals surface area contributed by atoms with Gasteiger partial charge in [-0.15, -0.1) is 0 Å². The van der Waals surface area contributed by atoms with E-state index in [1.54, 1.807) is 0 Å². The second-order valence-electron chi connectivity index (χ2n) is 2.92. The number of hydrogen-bond acceptors (Lipinski definition) is 5. The summed E-state index contributed by atoms with van der Waals surface area (Å²) in [5.41, 5.74) is 5.02.